The summed E-state index contributed by atoms with van der Waals surface area (Å²) in [5.41, 5.74) is 1.03. The standard InChI is InChI=1S/C25H42O3/c1-3-4-5-6-7-8-9-10-11-12-13-14-15-16-20-24(26)25(27)28-23-19-17-18-22(2)21-23/h17-19,21,24,26H,3-16,20H2,1-2H3. The Kier molecular flexibility index (Phi) is 14.6. The summed E-state index contributed by atoms with van der Waals surface area (Å²) in [7, 11) is 0. The highest BCUT2D eigenvalue weighted by atomic mass is 16.5. The minimum absolute atomic E-state index is 0.489. The molecule has 0 fully saturated rings. The van der Waals surface area contributed by atoms with Gasteiger partial charge in [0.1, 0.15) is 5.75 Å². The van der Waals surface area contributed by atoms with Crippen molar-refractivity contribution in [2.75, 3.05) is 0 Å². The van der Waals surface area contributed by atoms with Crippen molar-refractivity contribution in [1.29, 1.82) is 0 Å². The third kappa shape index (κ3) is 12.9. The number of benzene rings is 1. The number of carbonyl (C=O) groups is 1. The van der Waals surface area contributed by atoms with Gasteiger partial charge in [-0.1, -0.05) is 109 Å². The fourth-order valence-electron chi connectivity index (χ4n) is 3.51. The van der Waals surface area contributed by atoms with Crippen LogP contribution in [0.2, 0.25) is 0 Å². The van der Waals surface area contributed by atoms with Crippen molar-refractivity contribution in [2.45, 2.75) is 116 Å². The van der Waals surface area contributed by atoms with Gasteiger partial charge in [0.2, 0.25) is 0 Å². The number of aliphatic hydroxyl groups excluding tert-OH is 1. The Morgan fingerprint density at radius 3 is 1.86 bits per heavy atom. The normalized spacial score (nSPS) is 12.1. The fourth-order valence-corrected chi connectivity index (χ4v) is 3.51. The van der Waals surface area contributed by atoms with E-state index in [9.17, 15) is 9.90 Å². The lowest BCUT2D eigenvalue weighted by Crippen LogP contribution is -2.25. The minimum atomic E-state index is -1.02. The number of hydrogen-bond acceptors (Lipinski definition) is 3. The highest BCUT2D eigenvalue weighted by Crippen LogP contribution is 2.16. The van der Waals surface area contributed by atoms with Crippen LogP contribution in [0.3, 0.4) is 0 Å². The number of esters is 1. The molecule has 3 nitrogen and oxygen atoms in total. The van der Waals surface area contributed by atoms with E-state index >= 15 is 0 Å². The van der Waals surface area contributed by atoms with Crippen LogP contribution in [-0.2, 0) is 4.79 Å². The summed E-state index contributed by atoms with van der Waals surface area (Å²) in [5, 5.41) is 9.96. The first-order chi connectivity index (χ1) is 13.6. The summed E-state index contributed by atoms with van der Waals surface area (Å²) in [6.07, 6.45) is 17.7. The second kappa shape index (κ2) is 16.6. The molecule has 0 amide bonds. The quantitative estimate of drug-likeness (QED) is 0.175. The van der Waals surface area contributed by atoms with Crippen molar-refractivity contribution in [3.63, 3.8) is 0 Å². The lowest BCUT2D eigenvalue weighted by molar-refractivity contribution is -0.144. The molecule has 3 heteroatoms. The van der Waals surface area contributed by atoms with E-state index < -0.39 is 12.1 Å². The lowest BCUT2D eigenvalue weighted by atomic mass is 10.0. The number of ether oxygens (including phenoxy) is 1. The Labute approximate surface area is 172 Å². The van der Waals surface area contributed by atoms with Gasteiger partial charge in [0.05, 0.1) is 0 Å². The van der Waals surface area contributed by atoms with Crippen LogP contribution in [0.1, 0.15) is 109 Å². The maximum Gasteiger partial charge on any atom is 0.340 e. The van der Waals surface area contributed by atoms with Crippen LogP contribution >= 0.6 is 0 Å². The Bertz CT molecular complexity index is 512. The molecule has 0 aliphatic rings. The van der Waals surface area contributed by atoms with Crippen LogP contribution in [0, 0.1) is 6.92 Å². The van der Waals surface area contributed by atoms with Crippen molar-refractivity contribution >= 4 is 5.97 Å². The van der Waals surface area contributed by atoms with Crippen molar-refractivity contribution in [2.24, 2.45) is 0 Å². The molecular formula is C25H42O3. The predicted octanol–water partition coefficient (Wildman–Crippen LogP) is 7.13. The second-order valence-corrected chi connectivity index (χ2v) is 8.14. The van der Waals surface area contributed by atoms with Crippen molar-refractivity contribution < 1.29 is 14.6 Å². The average Bonchev–Trinajstić information content (AvgIpc) is 2.68. The molecule has 1 aromatic rings. The molecule has 0 aliphatic carbocycles. The van der Waals surface area contributed by atoms with Crippen molar-refractivity contribution in [3.8, 4) is 5.75 Å². The Morgan fingerprint density at radius 1 is 0.857 bits per heavy atom. The van der Waals surface area contributed by atoms with Crippen molar-refractivity contribution in [3.05, 3.63) is 29.8 Å². The molecule has 1 N–H and O–H groups in total. The fraction of sp³-hybridized carbons (Fsp3) is 0.720. The Hall–Kier alpha value is -1.35. The number of hydrogen-bond donors (Lipinski definition) is 1. The molecule has 1 rings (SSSR count). The molecule has 0 spiro atoms. The van der Waals surface area contributed by atoms with Gasteiger partial charge < -0.3 is 9.84 Å². The van der Waals surface area contributed by atoms with Crippen LogP contribution in [0.15, 0.2) is 24.3 Å². The molecule has 1 unspecified atom stereocenters. The van der Waals surface area contributed by atoms with Gasteiger partial charge >= 0.3 is 5.97 Å². The molecule has 0 heterocycles. The summed E-state index contributed by atoms with van der Waals surface area (Å²) in [6, 6.07) is 7.33. The molecule has 0 aliphatic heterocycles. The highest BCUT2D eigenvalue weighted by molar-refractivity contribution is 5.76. The third-order valence-electron chi connectivity index (χ3n) is 5.31. The number of unbranched alkanes of at least 4 members (excludes halogenated alkanes) is 13. The van der Waals surface area contributed by atoms with E-state index in [0.29, 0.717) is 12.2 Å². The smallest absolute Gasteiger partial charge is 0.340 e. The van der Waals surface area contributed by atoms with Gasteiger partial charge in [0.15, 0.2) is 6.10 Å². The van der Waals surface area contributed by atoms with Gasteiger partial charge in [0, 0.05) is 0 Å². The van der Waals surface area contributed by atoms with Gasteiger partial charge in [0.25, 0.3) is 0 Å². The Balaban J connectivity index is 1.90. The monoisotopic (exact) mass is 390 g/mol. The van der Waals surface area contributed by atoms with Crippen LogP contribution < -0.4 is 4.74 Å². The van der Waals surface area contributed by atoms with E-state index in [1.165, 1.54) is 77.0 Å². The number of rotatable bonds is 17. The summed E-state index contributed by atoms with van der Waals surface area (Å²) in [6.45, 7) is 4.21. The molecule has 0 saturated carbocycles. The summed E-state index contributed by atoms with van der Waals surface area (Å²) >= 11 is 0. The first kappa shape index (κ1) is 24.7. The van der Waals surface area contributed by atoms with Gasteiger partial charge in [-0.2, -0.15) is 0 Å². The largest absolute Gasteiger partial charge is 0.425 e. The van der Waals surface area contributed by atoms with Crippen molar-refractivity contribution in [1.82, 2.24) is 0 Å². The molecular weight excluding hydrogens is 348 g/mol. The van der Waals surface area contributed by atoms with Gasteiger partial charge in [-0.25, -0.2) is 4.79 Å². The van der Waals surface area contributed by atoms with E-state index in [2.05, 4.69) is 6.92 Å². The van der Waals surface area contributed by atoms with Gasteiger partial charge in [-0.15, -0.1) is 0 Å². The zero-order valence-corrected chi connectivity index (χ0v) is 18.3. The molecule has 0 saturated heterocycles. The maximum absolute atomic E-state index is 11.9. The number of aliphatic hydroxyl groups is 1. The molecule has 0 radical (unpaired) electrons. The summed E-state index contributed by atoms with van der Waals surface area (Å²) < 4.78 is 5.24. The lowest BCUT2D eigenvalue weighted by Gasteiger charge is -2.10. The minimum Gasteiger partial charge on any atom is -0.425 e. The molecule has 1 aromatic carbocycles. The number of carbonyl (C=O) groups excluding carboxylic acids is 1. The molecule has 1 atom stereocenters. The summed E-state index contributed by atoms with van der Waals surface area (Å²) in [4.78, 5) is 11.9. The summed E-state index contributed by atoms with van der Waals surface area (Å²) in [5.74, 6) is -0.0368. The number of aryl methyl sites for hydroxylation is 1. The average molecular weight is 391 g/mol. The molecule has 160 valence electrons. The molecule has 0 bridgehead atoms. The second-order valence-electron chi connectivity index (χ2n) is 8.14. The highest BCUT2D eigenvalue weighted by Gasteiger charge is 2.16. The topological polar surface area (TPSA) is 46.5 Å². The van der Waals surface area contributed by atoms with E-state index in [0.717, 1.165) is 18.4 Å². The molecule has 0 aromatic heterocycles. The third-order valence-corrected chi connectivity index (χ3v) is 5.31. The van der Waals surface area contributed by atoms with Gasteiger partial charge in [-0.05, 0) is 31.0 Å². The SMILES string of the molecule is CCCCCCCCCCCCCCCCC(O)C(=O)Oc1cccc(C)c1. The van der Waals surface area contributed by atoms with Gasteiger partial charge in [-0.3, -0.25) is 0 Å². The first-order valence-electron chi connectivity index (χ1n) is 11.6. The van der Waals surface area contributed by atoms with Crippen LogP contribution in [0.25, 0.3) is 0 Å². The van der Waals surface area contributed by atoms with Crippen LogP contribution in [-0.4, -0.2) is 17.2 Å². The van der Waals surface area contributed by atoms with Crippen LogP contribution in [0.5, 0.6) is 5.75 Å². The molecule has 28 heavy (non-hydrogen) atoms. The predicted molar refractivity (Wildman–Crippen MR) is 118 cm³/mol. The van der Waals surface area contributed by atoms with Crippen LogP contribution in [0.4, 0.5) is 0 Å². The van der Waals surface area contributed by atoms with E-state index in [-0.39, 0.29) is 0 Å². The zero-order chi connectivity index (χ0) is 20.5. The first-order valence-corrected chi connectivity index (χ1v) is 11.6. The van der Waals surface area contributed by atoms with E-state index in [4.69, 9.17) is 4.74 Å². The zero-order valence-electron chi connectivity index (χ0n) is 18.3. The maximum atomic E-state index is 11.9. The Morgan fingerprint density at radius 2 is 1.36 bits per heavy atom. The van der Waals surface area contributed by atoms with E-state index in [1.54, 1.807) is 12.1 Å². The van der Waals surface area contributed by atoms with E-state index in [1.807, 2.05) is 19.1 Å².